The van der Waals surface area contributed by atoms with Crippen LogP contribution >= 0.6 is 0 Å². The van der Waals surface area contributed by atoms with Gasteiger partial charge in [-0.25, -0.2) is 0 Å². The first kappa shape index (κ1) is 13.9. The van der Waals surface area contributed by atoms with Crippen molar-refractivity contribution in [3.8, 4) is 5.75 Å². The Morgan fingerprint density at radius 2 is 2.16 bits per heavy atom. The average molecular weight is 260 g/mol. The normalized spacial score (nSPS) is 17.1. The molecule has 0 aliphatic carbocycles. The maximum absolute atomic E-state index is 5.54. The van der Waals surface area contributed by atoms with Crippen LogP contribution in [0.2, 0.25) is 0 Å². The van der Waals surface area contributed by atoms with Crippen LogP contribution in [0.3, 0.4) is 0 Å². The van der Waals surface area contributed by atoms with Crippen molar-refractivity contribution >= 4 is 5.69 Å². The summed E-state index contributed by atoms with van der Waals surface area (Å²) < 4.78 is 5.54. The number of hydrogen-bond acceptors (Lipinski definition) is 3. The van der Waals surface area contributed by atoms with E-state index < -0.39 is 0 Å². The van der Waals surface area contributed by atoms with Gasteiger partial charge in [0.1, 0.15) is 5.75 Å². The van der Waals surface area contributed by atoms with E-state index in [1.807, 2.05) is 13.1 Å². The quantitative estimate of drug-likeness (QED) is 0.842. The summed E-state index contributed by atoms with van der Waals surface area (Å²) in [6.45, 7) is 6.45. The molecule has 1 aromatic rings. The van der Waals surface area contributed by atoms with Gasteiger partial charge in [-0.15, -0.1) is 0 Å². The Morgan fingerprint density at radius 3 is 2.74 bits per heavy atom. The average Bonchev–Trinajstić information content (AvgIpc) is 2.46. The largest absolute Gasteiger partial charge is 0.496 e. The SMILES string of the molecule is CNC(C)c1c(OC)cccc1N1CC=C(C)CC1. The first-order valence-electron chi connectivity index (χ1n) is 6.92. The van der Waals surface area contributed by atoms with Crippen LogP contribution in [-0.4, -0.2) is 27.2 Å². The van der Waals surface area contributed by atoms with Crippen LogP contribution in [-0.2, 0) is 0 Å². The maximum atomic E-state index is 5.54. The van der Waals surface area contributed by atoms with Gasteiger partial charge in [0.2, 0.25) is 0 Å². The van der Waals surface area contributed by atoms with Crippen molar-refractivity contribution < 1.29 is 4.74 Å². The van der Waals surface area contributed by atoms with E-state index in [0.717, 1.165) is 25.3 Å². The number of hydrogen-bond donors (Lipinski definition) is 1. The van der Waals surface area contributed by atoms with Crippen LogP contribution in [0, 0.1) is 0 Å². The Labute approximate surface area is 116 Å². The van der Waals surface area contributed by atoms with Crippen molar-refractivity contribution in [1.29, 1.82) is 0 Å². The van der Waals surface area contributed by atoms with Gasteiger partial charge in [-0.05, 0) is 39.4 Å². The first-order valence-corrected chi connectivity index (χ1v) is 6.92. The standard InChI is InChI=1S/C16H24N2O/c1-12-8-10-18(11-9-12)14-6-5-7-15(19-4)16(14)13(2)17-3/h5-8,13,17H,9-11H2,1-4H3. The molecule has 2 rings (SSSR count). The van der Waals surface area contributed by atoms with E-state index in [-0.39, 0.29) is 6.04 Å². The summed E-state index contributed by atoms with van der Waals surface area (Å²) >= 11 is 0. The highest BCUT2D eigenvalue weighted by Crippen LogP contribution is 2.35. The lowest BCUT2D eigenvalue weighted by atomic mass is 10.0. The number of ether oxygens (including phenoxy) is 1. The van der Waals surface area contributed by atoms with E-state index >= 15 is 0 Å². The van der Waals surface area contributed by atoms with E-state index in [4.69, 9.17) is 4.74 Å². The lowest BCUT2D eigenvalue weighted by Crippen LogP contribution is -2.30. The van der Waals surface area contributed by atoms with Crippen LogP contribution in [0.25, 0.3) is 0 Å². The number of benzene rings is 1. The molecule has 0 saturated carbocycles. The zero-order valence-corrected chi connectivity index (χ0v) is 12.4. The minimum absolute atomic E-state index is 0.276. The molecule has 1 aliphatic heterocycles. The number of nitrogens with zero attached hydrogens (tertiary/aromatic N) is 1. The Bertz CT molecular complexity index is 468. The fourth-order valence-electron chi connectivity index (χ4n) is 2.56. The summed E-state index contributed by atoms with van der Waals surface area (Å²) in [6.07, 6.45) is 3.46. The second-order valence-electron chi connectivity index (χ2n) is 5.15. The molecule has 1 aromatic carbocycles. The summed E-state index contributed by atoms with van der Waals surface area (Å²) in [4.78, 5) is 2.43. The first-order chi connectivity index (χ1) is 9.17. The van der Waals surface area contributed by atoms with Gasteiger partial charge >= 0.3 is 0 Å². The highest BCUT2D eigenvalue weighted by Gasteiger charge is 2.20. The highest BCUT2D eigenvalue weighted by atomic mass is 16.5. The predicted octanol–water partition coefficient (Wildman–Crippen LogP) is 3.13. The monoisotopic (exact) mass is 260 g/mol. The van der Waals surface area contributed by atoms with Crippen LogP contribution in [0.15, 0.2) is 29.8 Å². The summed E-state index contributed by atoms with van der Waals surface area (Å²) in [7, 11) is 3.73. The Morgan fingerprint density at radius 1 is 1.37 bits per heavy atom. The fraction of sp³-hybridized carbons (Fsp3) is 0.500. The second kappa shape index (κ2) is 6.11. The van der Waals surface area contributed by atoms with E-state index in [9.17, 15) is 0 Å². The third-order valence-corrected chi connectivity index (χ3v) is 3.91. The maximum Gasteiger partial charge on any atom is 0.125 e. The summed E-state index contributed by atoms with van der Waals surface area (Å²) in [5.74, 6) is 0.964. The summed E-state index contributed by atoms with van der Waals surface area (Å²) in [5.41, 5.74) is 4.02. The minimum atomic E-state index is 0.276. The topological polar surface area (TPSA) is 24.5 Å². The molecular formula is C16H24N2O. The molecule has 0 aromatic heterocycles. The molecule has 3 nitrogen and oxygen atoms in total. The number of nitrogens with one attached hydrogen (secondary N) is 1. The molecule has 1 heterocycles. The molecule has 0 amide bonds. The van der Waals surface area contributed by atoms with Gasteiger partial charge in [0.15, 0.2) is 0 Å². The van der Waals surface area contributed by atoms with E-state index in [2.05, 4.69) is 42.3 Å². The predicted molar refractivity (Wildman–Crippen MR) is 81.1 cm³/mol. The van der Waals surface area contributed by atoms with Gasteiger partial charge < -0.3 is 15.0 Å². The van der Waals surface area contributed by atoms with Crippen molar-refractivity contribution in [2.75, 3.05) is 32.1 Å². The highest BCUT2D eigenvalue weighted by molar-refractivity contribution is 5.61. The van der Waals surface area contributed by atoms with Crippen LogP contribution < -0.4 is 15.0 Å². The fourth-order valence-corrected chi connectivity index (χ4v) is 2.56. The van der Waals surface area contributed by atoms with Gasteiger partial charge in [0.25, 0.3) is 0 Å². The lowest BCUT2D eigenvalue weighted by molar-refractivity contribution is 0.404. The molecule has 1 atom stereocenters. The number of rotatable bonds is 4. The number of anilines is 1. The van der Waals surface area contributed by atoms with Crippen molar-refractivity contribution in [2.24, 2.45) is 0 Å². The van der Waals surface area contributed by atoms with Crippen molar-refractivity contribution in [2.45, 2.75) is 26.3 Å². The van der Waals surface area contributed by atoms with Crippen molar-refractivity contribution in [1.82, 2.24) is 5.32 Å². The molecular weight excluding hydrogens is 236 g/mol. The molecule has 0 bridgehead atoms. The van der Waals surface area contributed by atoms with Gasteiger partial charge in [-0.1, -0.05) is 17.7 Å². The Hall–Kier alpha value is -1.48. The third-order valence-electron chi connectivity index (χ3n) is 3.91. The van der Waals surface area contributed by atoms with Crippen molar-refractivity contribution in [3.63, 3.8) is 0 Å². The zero-order valence-electron chi connectivity index (χ0n) is 12.4. The molecule has 1 aliphatic rings. The third kappa shape index (κ3) is 2.92. The Kier molecular flexibility index (Phi) is 4.48. The smallest absolute Gasteiger partial charge is 0.125 e. The minimum Gasteiger partial charge on any atom is -0.496 e. The van der Waals surface area contributed by atoms with E-state index in [0.29, 0.717) is 0 Å². The van der Waals surface area contributed by atoms with Gasteiger partial charge in [-0.3, -0.25) is 0 Å². The van der Waals surface area contributed by atoms with Gasteiger partial charge in [0.05, 0.1) is 7.11 Å². The Balaban J connectivity index is 2.39. The van der Waals surface area contributed by atoms with Crippen LogP contribution in [0.5, 0.6) is 5.75 Å². The lowest BCUT2D eigenvalue weighted by Gasteiger charge is -2.31. The number of methoxy groups -OCH3 is 1. The molecule has 0 saturated heterocycles. The van der Waals surface area contributed by atoms with E-state index in [1.165, 1.54) is 16.8 Å². The molecule has 0 spiro atoms. The molecule has 104 valence electrons. The summed E-state index contributed by atoms with van der Waals surface area (Å²) in [6, 6.07) is 6.58. The molecule has 1 N–H and O–H groups in total. The van der Waals surface area contributed by atoms with Crippen LogP contribution in [0.1, 0.15) is 31.9 Å². The van der Waals surface area contributed by atoms with Gasteiger partial charge in [0, 0.05) is 30.4 Å². The second-order valence-corrected chi connectivity index (χ2v) is 5.15. The van der Waals surface area contributed by atoms with Crippen LogP contribution in [0.4, 0.5) is 5.69 Å². The zero-order chi connectivity index (χ0) is 13.8. The molecule has 19 heavy (non-hydrogen) atoms. The molecule has 0 radical (unpaired) electrons. The van der Waals surface area contributed by atoms with Gasteiger partial charge in [-0.2, -0.15) is 0 Å². The molecule has 0 fully saturated rings. The van der Waals surface area contributed by atoms with E-state index in [1.54, 1.807) is 7.11 Å². The van der Waals surface area contributed by atoms with Crippen molar-refractivity contribution in [3.05, 3.63) is 35.4 Å². The summed E-state index contributed by atoms with van der Waals surface area (Å²) in [5, 5.41) is 3.32. The molecule has 3 heteroatoms. The molecule has 1 unspecified atom stereocenters.